The fourth-order valence-electron chi connectivity index (χ4n) is 3.12. The second-order valence-corrected chi connectivity index (χ2v) is 5.80. The van der Waals surface area contributed by atoms with E-state index in [0.29, 0.717) is 47.6 Å². The molecule has 3 aromatic rings. The van der Waals surface area contributed by atoms with E-state index in [1.807, 2.05) is 6.07 Å². The van der Waals surface area contributed by atoms with Gasteiger partial charge in [0.25, 0.3) is 0 Å². The first-order valence-corrected chi connectivity index (χ1v) is 7.95. The molecule has 0 amide bonds. The van der Waals surface area contributed by atoms with E-state index in [1.165, 1.54) is 0 Å². The average Bonchev–Trinajstić information content (AvgIpc) is 2.63. The fourth-order valence-corrected chi connectivity index (χ4v) is 3.12. The maximum Gasteiger partial charge on any atom is 0.230 e. The third kappa shape index (κ3) is 2.53. The summed E-state index contributed by atoms with van der Waals surface area (Å²) in [5, 5.41) is 1.05. The normalized spacial score (nSPS) is 15.9. The van der Waals surface area contributed by atoms with Crippen LogP contribution in [0.15, 0.2) is 39.7 Å². The zero-order chi connectivity index (χ0) is 16.5. The summed E-state index contributed by atoms with van der Waals surface area (Å²) in [7, 11) is 1.63. The van der Waals surface area contributed by atoms with Crippen molar-refractivity contribution in [3.63, 3.8) is 0 Å². The molecule has 4 rings (SSSR count). The largest absolute Gasteiger partial charge is 0.496 e. The van der Waals surface area contributed by atoms with Crippen molar-refractivity contribution < 1.29 is 13.9 Å². The molecule has 3 heterocycles. The van der Waals surface area contributed by atoms with Crippen molar-refractivity contribution in [3.8, 4) is 5.75 Å². The van der Waals surface area contributed by atoms with E-state index in [1.54, 1.807) is 31.5 Å². The first-order valence-electron chi connectivity index (χ1n) is 7.95. The van der Waals surface area contributed by atoms with Gasteiger partial charge in [0, 0.05) is 25.8 Å². The van der Waals surface area contributed by atoms with Crippen molar-refractivity contribution in [2.45, 2.75) is 6.54 Å². The van der Waals surface area contributed by atoms with E-state index in [0.717, 1.165) is 18.7 Å². The summed E-state index contributed by atoms with van der Waals surface area (Å²) in [6.45, 7) is 3.75. The molecule has 0 unspecified atom stereocenters. The number of ether oxygens (including phenoxy) is 2. The second kappa shape index (κ2) is 6.22. The number of rotatable bonds is 3. The third-order valence-corrected chi connectivity index (χ3v) is 4.38. The number of benzene rings is 1. The molecule has 1 aromatic carbocycles. The lowest BCUT2D eigenvalue weighted by atomic mass is 10.1. The summed E-state index contributed by atoms with van der Waals surface area (Å²) >= 11 is 0. The monoisotopic (exact) mass is 326 g/mol. The van der Waals surface area contributed by atoms with Gasteiger partial charge in [-0.05, 0) is 24.3 Å². The van der Waals surface area contributed by atoms with E-state index in [4.69, 9.17) is 13.9 Å². The maximum atomic E-state index is 12.8. The fraction of sp³-hybridized carbons (Fsp3) is 0.333. The standard InChI is InChI=1S/C18H18N2O4/c1-22-15-5-4-12-16(21)13-3-2-6-19-18(13)24-17(12)14(15)11-20-7-9-23-10-8-20/h2-6H,7-11H2,1H3. The number of morpholine rings is 1. The number of hydrogen-bond donors (Lipinski definition) is 0. The minimum atomic E-state index is -0.0646. The molecule has 0 aliphatic carbocycles. The Hall–Kier alpha value is -2.44. The molecule has 0 N–H and O–H groups in total. The van der Waals surface area contributed by atoms with Crippen molar-refractivity contribution in [2.75, 3.05) is 33.4 Å². The molecule has 1 fully saturated rings. The van der Waals surface area contributed by atoms with Gasteiger partial charge in [0.1, 0.15) is 11.3 Å². The van der Waals surface area contributed by atoms with Crippen LogP contribution in [-0.2, 0) is 11.3 Å². The Morgan fingerprint density at radius 3 is 2.83 bits per heavy atom. The molecule has 1 aliphatic heterocycles. The zero-order valence-electron chi connectivity index (χ0n) is 13.4. The SMILES string of the molecule is COc1ccc2c(=O)c3cccnc3oc2c1CN1CCOCC1. The maximum absolute atomic E-state index is 12.8. The summed E-state index contributed by atoms with van der Waals surface area (Å²) in [5.41, 5.74) is 1.72. The van der Waals surface area contributed by atoms with E-state index in [-0.39, 0.29) is 5.43 Å². The molecule has 24 heavy (non-hydrogen) atoms. The van der Waals surface area contributed by atoms with Gasteiger partial charge in [-0.25, -0.2) is 4.98 Å². The number of fused-ring (bicyclic) bond motifs is 2. The first kappa shape index (κ1) is 15.1. The molecule has 1 aliphatic rings. The highest BCUT2D eigenvalue weighted by atomic mass is 16.5. The lowest BCUT2D eigenvalue weighted by molar-refractivity contribution is 0.0339. The van der Waals surface area contributed by atoms with Gasteiger partial charge in [0.05, 0.1) is 36.7 Å². The highest BCUT2D eigenvalue weighted by Gasteiger charge is 2.19. The van der Waals surface area contributed by atoms with Crippen molar-refractivity contribution >= 4 is 22.1 Å². The lowest BCUT2D eigenvalue weighted by Crippen LogP contribution is -2.35. The van der Waals surface area contributed by atoms with Gasteiger partial charge in [0.2, 0.25) is 11.1 Å². The minimum Gasteiger partial charge on any atom is -0.496 e. The van der Waals surface area contributed by atoms with Crippen molar-refractivity contribution in [2.24, 2.45) is 0 Å². The zero-order valence-corrected chi connectivity index (χ0v) is 13.4. The number of hydrogen-bond acceptors (Lipinski definition) is 6. The summed E-state index contributed by atoms with van der Waals surface area (Å²) in [5.74, 6) is 0.715. The van der Waals surface area contributed by atoms with Gasteiger partial charge in [-0.2, -0.15) is 0 Å². The Labute approximate surface area is 138 Å². The summed E-state index contributed by atoms with van der Waals surface area (Å²) in [6.07, 6.45) is 1.62. The van der Waals surface area contributed by atoms with Crippen LogP contribution in [0, 0.1) is 0 Å². The molecule has 124 valence electrons. The highest BCUT2D eigenvalue weighted by Crippen LogP contribution is 2.29. The Kier molecular flexibility index (Phi) is 3.92. The van der Waals surface area contributed by atoms with Crippen LogP contribution in [0.4, 0.5) is 0 Å². The molecule has 0 atom stereocenters. The Bertz CT molecular complexity index is 945. The van der Waals surface area contributed by atoms with E-state index in [9.17, 15) is 4.79 Å². The van der Waals surface area contributed by atoms with Crippen LogP contribution < -0.4 is 10.2 Å². The van der Waals surface area contributed by atoms with Gasteiger partial charge in [0.15, 0.2) is 0 Å². The third-order valence-electron chi connectivity index (χ3n) is 4.38. The van der Waals surface area contributed by atoms with Crippen LogP contribution in [0.25, 0.3) is 22.1 Å². The topological polar surface area (TPSA) is 64.8 Å². The summed E-state index contributed by atoms with van der Waals surface area (Å²) in [6, 6.07) is 7.06. The smallest absolute Gasteiger partial charge is 0.230 e. The lowest BCUT2D eigenvalue weighted by Gasteiger charge is -2.27. The highest BCUT2D eigenvalue weighted by molar-refractivity contribution is 5.90. The van der Waals surface area contributed by atoms with Gasteiger partial charge in [-0.1, -0.05) is 0 Å². The van der Waals surface area contributed by atoms with Crippen LogP contribution in [0.2, 0.25) is 0 Å². The van der Waals surface area contributed by atoms with Gasteiger partial charge < -0.3 is 13.9 Å². The molecule has 0 saturated carbocycles. The van der Waals surface area contributed by atoms with E-state index in [2.05, 4.69) is 9.88 Å². The summed E-state index contributed by atoms with van der Waals surface area (Å²) in [4.78, 5) is 19.2. The van der Waals surface area contributed by atoms with Gasteiger partial charge in [-0.3, -0.25) is 9.69 Å². The van der Waals surface area contributed by atoms with Crippen LogP contribution in [0.1, 0.15) is 5.56 Å². The Morgan fingerprint density at radius 2 is 2.04 bits per heavy atom. The predicted molar refractivity (Wildman–Crippen MR) is 90.4 cm³/mol. The van der Waals surface area contributed by atoms with Crippen molar-refractivity contribution in [3.05, 3.63) is 46.2 Å². The molecular weight excluding hydrogens is 308 g/mol. The van der Waals surface area contributed by atoms with Crippen molar-refractivity contribution in [1.82, 2.24) is 9.88 Å². The number of methoxy groups -OCH3 is 1. The van der Waals surface area contributed by atoms with E-state index < -0.39 is 0 Å². The molecule has 6 heteroatoms. The van der Waals surface area contributed by atoms with Crippen LogP contribution in [0.5, 0.6) is 5.75 Å². The Morgan fingerprint density at radius 1 is 1.21 bits per heavy atom. The quantitative estimate of drug-likeness (QED) is 0.688. The minimum absolute atomic E-state index is 0.0646. The number of nitrogens with zero attached hydrogens (tertiary/aromatic N) is 2. The number of aromatic nitrogens is 1. The molecule has 6 nitrogen and oxygen atoms in total. The molecular formula is C18H18N2O4. The van der Waals surface area contributed by atoms with Gasteiger partial charge >= 0.3 is 0 Å². The van der Waals surface area contributed by atoms with Crippen molar-refractivity contribution in [1.29, 1.82) is 0 Å². The molecule has 1 saturated heterocycles. The van der Waals surface area contributed by atoms with Crippen LogP contribution >= 0.6 is 0 Å². The number of pyridine rings is 1. The summed E-state index contributed by atoms with van der Waals surface area (Å²) < 4.78 is 16.9. The second-order valence-electron chi connectivity index (χ2n) is 5.80. The van der Waals surface area contributed by atoms with Gasteiger partial charge in [-0.15, -0.1) is 0 Å². The molecule has 0 spiro atoms. The molecule has 2 aromatic heterocycles. The predicted octanol–water partition coefficient (Wildman–Crippen LogP) is 2.18. The van der Waals surface area contributed by atoms with Crippen LogP contribution in [0.3, 0.4) is 0 Å². The molecule has 0 bridgehead atoms. The molecule has 0 radical (unpaired) electrons. The average molecular weight is 326 g/mol. The van der Waals surface area contributed by atoms with E-state index >= 15 is 0 Å². The first-order chi connectivity index (χ1) is 11.8. The Balaban J connectivity index is 1.93. The van der Waals surface area contributed by atoms with Crippen LogP contribution in [-0.4, -0.2) is 43.3 Å².